The zero-order chi connectivity index (χ0) is 19.8. The van der Waals surface area contributed by atoms with Gasteiger partial charge in [0.25, 0.3) is 0 Å². The minimum Gasteiger partial charge on any atom is -0.306 e. The highest BCUT2D eigenvalue weighted by Crippen LogP contribution is 2.12. The normalized spacial score (nSPS) is 11.1. The Bertz CT molecular complexity index is 257. The topological polar surface area (TPSA) is 3.24 Å². The van der Waals surface area contributed by atoms with E-state index in [9.17, 15) is 0 Å². The lowest BCUT2D eigenvalue weighted by Crippen LogP contribution is -2.20. The molecule has 0 amide bonds. The predicted octanol–water partition coefficient (Wildman–Crippen LogP) is 9.57. The lowest BCUT2D eigenvalue weighted by Gasteiger charge is -2.16. The molecule has 0 aromatic carbocycles. The van der Waals surface area contributed by atoms with Gasteiger partial charge < -0.3 is 4.90 Å². The van der Waals surface area contributed by atoms with E-state index in [1.807, 2.05) is 0 Å². The van der Waals surface area contributed by atoms with Gasteiger partial charge in [0.1, 0.15) is 0 Å². The van der Waals surface area contributed by atoms with E-state index in [0.29, 0.717) is 0 Å². The SMILES string of the molecule is CCCCCCCCCCCCCN(C)CCCCCCCCCCCC.Cl. The molecular formula is C26H56ClN. The van der Waals surface area contributed by atoms with E-state index >= 15 is 0 Å². The van der Waals surface area contributed by atoms with Crippen LogP contribution in [0.25, 0.3) is 0 Å². The number of nitrogens with zero attached hydrogens (tertiary/aromatic N) is 1. The zero-order valence-electron chi connectivity index (χ0n) is 20.1. The molecule has 0 radical (unpaired) electrons. The van der Waals surface area contributed by atoms with Crippen LogP contribution >= 0.6 is 12.4 Å². The minimum absolute atomic E-state index is 0. The van der Waals surface area contributed by atoms with Crippen molar-refractivity contribution in [2.24, 2.45) is 0 Å². The summed E-state index contributed by atoms with van der Waals surface area (Å²) in [6, 6.07) is 0. The highest BCUT2D eigenvalue weighted by molar-refractivity contribution is 5.85. The molecule has 0 heterocycles. The van der Waals surface area contributed by atoms with Gasteiger partial charge in [-0.2, -0.15) is 0 Å². The molecule has 28 heavy (non-hydrogen) atoms. The second-order valence-electron chi connectivity index (χ2n) is 9.02. The molecule has 0 unspecified atom stereocenters. The molecule has 0 aromatic rings. The average Bonchev–Trinajstić information content (AvgIpc) is 2.67. The van der Waals surface area contributed by atoms with E-state index in [4.69, 9.17) is 0 Å². The van der Waals surface area contributed by atoms with Crippen LogP contribution in [0.4, 0.5) is 0 Å². The maximum atomic E-state index is 2.57. The zero-order valence-corrected chi connectivity index (χ0v) is 20.9. The number of unbranched alkanes of at least 4 members (excludes halogenated alkanes) is 19. The molecule has 0 rings (SSSR count). The van der Waals surface area contributed by atoms with E-state index in [2.05, 4.69) is 25.8 Å². The fourth-order valence-electron chi connectivity index (χ4n) is 4.03. The van der Waals surface area contributed by atoms with Crippen molar-refractivity contribution in [3.05, 3.63) is 0 Å². The largest absolute Gasteiger partial charge is 0.306 e. The van der Waals surface area contributed by atoms with Gasteiger partial charge in [-0.05, 0) is 33.0 Å². The van der Waals surface area contributed by atoms with Crippen LogP contribution < -0.4 is 0 Å². The average molecular weight is 418 g/mol. The molecule has 1 nitrogen and oxygen atoms in total. The van der Waals surface area contributed by atoms with Crippen molar-refractivity contribution in [3.8, 4) is 0 Å². The summed E-state index contributed by atoms with van der Waals surface area (Å²) >= 11 is 0. The Morgan fingerprint density at radius 1 is 0.357 bits per heavy atom. The van der Waals surface area contributed by atoms with Gasteiger partial charge in [0, 0.05) is 0 Å². The van der Waals surface area contributed by atoms with Gasteiger partial charge in [0.05, 0.1) is 0 Å². The Hall–Kier alpha value is 0.250. The van der Waals surface area contributed by atoms with Crippen LogP contribution in [0, 0.1) is 0 Å². The molecular weight excluding hydrogens is 362 g/mol. The van der Waals surface area contributed by atoms with E-state index in [1.165, 1.54) is 148 Å². The van der Waals surface area contributed by atoms with Gasteiger partial charge in [0.15, 0.2) is 0 Å². The van der Waals surface area contributed by atoms with E-state index in [-0.39, 0.29) is 12.4 Å². The molecule has 0 saturated heterocycles. The lowest BCUT2D eigenvalue weighted by molar-refractivity contribution is 0.314. The highest BCUT2D eigenvalue weighted by Gasteiger charge is 1.99. The first-order chi connectivity index (χ1) is 13.3. The van der Waals surface area contributed by atoms with Gasteiger partial charge in [-0.15, -0.1) is 12.4 Å². The van der Waals surface area contributed by atoms with Crippen LogP contribution in [0.1, 0.15) is 149 Å². The van der Waals surface area contributed by atoms with E-state index in [0.717, 1.165) is 0 Å². The number of hydrogen-bond acceptors (Lipinski definition) is 1. The van der Waals surface area contributed by atoms with Crippen LogP contribution in [0.15, 0.2) is 0 Å². The molecule has 0 aromatic heterocycles. The minimum atomic E-state index is 0. The highest BCUT2D eigenvalue weighted by atomic mass is 35.5. The Kier molecular flexibility index (Phi) is 29.6. The quantitative estimate of drug-likeness (QED) is 0.149. The van der Waals surface area contributed by atoms with Crippen LogP contribution in [0.5, 0.6) is 0 Å². The van der Waals surface area contributed by atoms with E-state index in [1.54, 1.807) is 0 Å². The fourth-order valence-corrected chi connectivity index (χ4v) is 4.03. The van der Waals surface area contributed by atoms with Crippen molar-refractivity contribution in [1.82, 2.24) is 4.90 Å². The molecule has 0 aliphatic rings. The van der Waals surface area contributed by atoms with Crippen molar-refractivity contribution in [2.45, 2.75) is 149 Å². The Morgan fingerprint density at radius 2 is 0.571 bits per heavy atom. The summed E-state index contributed by atoms with van der Waals surface area (Å²) in [5.74, 6) is 0. The summed E-state index contributed by atoms with van der Waals surface area (Å²) in [5.41, 5.74) is 0. The van der Waals surface area contributed by atoms with Crippen molar-refractivity contribution in [2.75, 3.05) is 20.1 Å². The summed E-state index contributed by atoms with van der Waals surface area (Å²) in [6.45, 7) is 7.23. The third-order valence-corrected chi connectivity index (χ3v) is 6.04. The third-order valence-electron chi connectivity index (χ3n) is 6.04. The third kappa shape index (κ3) is 26.2. The maximum Gasteiger partial charge on any atom is -0.00218 e. The van der Waals surface area contributed by atoms with Crippen molar-refractivity contribution >= 4 is 12.4 Å². The first-order valence-electron chi connectivity index (χ1n) is 13.0. The van der Waals surface area contributed by atoms with Crippen molar-refractivity contribution in [1.29, 1.82) is 0 Å². The summed E-state index contributed by atoms with van der Waals surface area (Å²) < 4.78 is 0. The van der Waals surface area contributed by atoms with Crippen LogP contribution in [-0.2, 0) is 0 Å². The fraction of sp³-hybridized carbons (Fsp3) is 1.00. The maximum absolute atomic E-state index is 2.57. The smallest absolute Gasteiger partial charge is 0.00218 e. The first kappa shape index (κ1) is 30.4. The van der Waals surface area contributed by atoms with E-state index < -0.39 is 0 Å². The second-order valence-corrected chi connectivity index (χ2v) is 9.02. The Morgan fingerprint density at radius 3 is 0.821 bits per heavy atom. The molecule has 0 atom stereocenters. The molecule has 0 aliphatic carbocycles. The van der Waals surface area contributed by atoms with Crippen LogP contribution in [-0.4, -0.2) is 25.0 Å². The van der Waals surface area contributed by atoms with Gasteiger partial charge in [-0.1, -0.05) is 136 Å². The first-order valence-corrected chi connectivity index (χ1v) is 13.0. The summed E-state index contributed by atoms with van der Waals surface area (Å²) in [7, 11) is 2.32. The van der Waals surface area contributed by atoms with Crippen molar-refractivity contribution in [3.63, 3.8) is 0 Å². The molecule has 0 spiro atoms. The molecule has 0 N–H and O–H groups in total. The van der Waals surface area contributed by atoms with Gasteiger partial charge in [-0.3, -0.25) is 0 Å². The summed E-state index contributed by atoms with van der Waals surface area (Å²) in [6.07, 6.45) is 30.4. The second kappa shape index (κ2) is 27.2. The van der Waals surface area contributed by atoms with Gasteiger partial charge >= 0.3 is 0 Å². The van der Waals surface area contributed by atoms with Crippen molar-refractivity contribution < 1.29 is 0 Å². The number of rotatable bonds is 23. The number of halogens is 1. The lowest BCUT2D eigenvalue weighted by atomic mass is 10.1. The Labute approximate surface area is 186 Å². The molecule has 0 fully saturated rings. The molecule has 172 valence electrons. The molecule has 0 bridgehead atoms. The standard InChI is InChI=1S/C26H55N.ClH/c1-4-6-8-10-12-14-16-18-20-22-24-26-27(3)25-23-21-19-17-15-13-11-9-7-5-2;/h4-26H2,1-3H3;1H. The van der Waals surface area contributed by atoms with Crippen LogP contribution in [0.2, 0.25) is 0 Å². The summed E-state index contributed by atoms with van der Waals surface area (Å²) in [5, 5.41) is 0. The number of hydrogen-bond donors (Lipinski definition) is 0. The summed E-state index contributed by atoms with van der Waals surface area (Å²) in [4.78, 5) is 2.57. The van der Waals surface area contributed by atoms with Crippen LogP contribution in [0.3, 0.4) is 0 Å². The van der Waals surface area contributed by atoms with Gasteiger partial charge in [0.2, 0.25) is 0 Å². The Balaban J connectivity index is 0. The molecule has 0 aliphatic heterocycles. The van der Waals surface area contributed by atoms with Gasteiger partial charge in [-0.25, -0.2) is 0 Å². The molecule has 0 saturated carbocycles. The molecule has 2 heteroatoms. The monoisotopic (exact) mass is 417 g/mol. The predicted molar refractivity (Wildman–Crippen MR) is 133 cm³/mol.